The van der Waals surface area contributed by atoms with Crippen molar-refractivity contribution in [3.05, 3.63) is 0 Å². The molecule has 3 heteroatoms. The molecule has 4 rings (SSSR count). The van der Waals surface area contributed by atoms with Gasteiger partial charge in [0.1, 0.15) is 0 Å². The Bertz CT molecular complexity index is 205. The SMILES string of the molecule is Cl.NC1[C@@H]2CC3C[C@H]1CC(O)(C3)C2. The third-order valence-electron chi connectivity index (χ3n) is 4.31. The summed E-state index contributed by atoms with van der Waals surface area (Å²) in [6.07, 6.45) is 5.62. The fourth-order valence-corrected chi connectivity index (χ4v) is 4.02. The minimum Gasteiger partial charge on any atom is -0.390 e. The maximum atomic E-state index is 10.2. The van der Waals surface area contributed by atoms with Crippen molar-refractivity contribution in [3.8, 4) is 0 Å². The van der Waals surface area contributed by atoms with E-state index in [1.54, 1.807) is 0 Å². The fraction of sp³-hybridized carbons (Fsp3) is 1.00. The summed E-state index contributed by atoms with van der Waals surface area (Å²) in [6.45, 7) is 0. The molecule has 0 spiro atoms. The molecule has 0 aromatic carbocycles. The molecule has 76 valence electrons. The first kappa shape index (κ1) is 9.75. The summed E-state index contributed by atoms with van der Waals surface area (Å²) in [6, 6.07) is 0.404. The zero-order valence-electron chi connectivity index (χ0n) is 7.78. The number of aliphatic hydroxyl groups is 1. The molecule has 0 aromatic heterocycles. The van der Waals surface area contributed by atoms with Gasteiger partial charge in [0.2, 0.25) is 0 Å². The van der Waals surface area contributed by atoms with Crippen LogP contribution < -0.4 is 5.73 Å². The molecular formula is C10H18ClNO. The van der Waals surface area contributed by atoms with Crippen LogP contribution in [0.25, 0.3) is 0 Å². The topological polar surface area (TPSA) is 46.2 Å². The molecule has 5 atom stereocenters. The molecule has 4 aliphatic carbocycles. The van der Waals surface area contributed by atoms with Crippen LogP contribution in [0.2, 0.25) is 0 Å². The van der Waals surface area contributed by atoms with Crippen LogP contribution in [0.3, 0.4) is 0 Å². The summed E-state index contributed by atoms with van der Waals surface area (Å²) in [4.78, 5) is 0. The minimum atomic E-state index is -0.299. The van der Waals surface area contributed by atoms with Crippen molar-refractivity contribution >= 4 is 12.4 Å². The molecule has 13 heavy (non-hydrogen) atoms. The number of hydrogen-bond donors (Lipinski definition) is 2. The first-order chi connectivity index (χ1) is 5.66. The Kier molecular flexibility index (Phi) is 2.14. The average Bonchev–Trinajstić information content (AvgIpc) is 1.96. The van der Waals surface area contributed by atoms with E-state index in [1.807, 2.05) is 0 Å². The number of rotatable bonds is 0. The van der Waals surface area contributed by atoms with Gasteiger partial charge in [-0.25, -0.2) is 0 Å². The molecule has 0 heterocycles. The third kappa shape index (κ3) is 1.31. The van der Waals surface area contributed by atoms with Gasteiger partial charge in [0.15, 0.2) is 0 Å². The maximum absolute atomic E-state index is 10.2. The van der Waals surface area contributed by atoms with Gasteiger partial charge in [0, 0.05) is 6.04 Å². The van der Waals surface area contributed by atoms with E-state index in [2.05, 4.69) is 0 Å². The Hall–Kier alpha value is 0.210. The standard InChI is InChI=1S/C10H17NO.ClH/c11-9-7-1-6-2-8(9)5-10(12,3-6)4-7;/h6-9,12H,1-5,11H2;1H/t6?,7-,8+,9?,10?;. The van der Waals surface area contributed by atoms with Crippen LogP contribution in [-0.2, 0) is 0 Å². The number of halogens is 1. The first-order valence-electron chi connectivity index (χ1n) is 5.14. The molecule has 0 aromatic rings. The molecule has 2 nitrogen and oxygen atoms in total. The Morgan fingerprint density at radius 2 is 1.62 bits per heavy atom. The molecular weight excluding hydrogens is 186 g/mol. The second kappa shape index (κ2) is 2.85. The predicted molar refractivity (Wildman–Crippen MR) is 53.7 cm³/mol. The molecule has 0 amide bonds. The van der Waals surface area contributed by atoms with Crippen molar-refractivity contribution in [2.45, 2.75) is 43.7 Å². The molecule has 4 aliphatic rings. The molecule has 3 N–H and O–H groups in total. The van der Waals surface area contributed by atoms with Gasteiger partial charge >= 0.3 is 0 Å². The summed E-state index contributed by atoms with van der Waals surface area (Å²) in [5.74, 6) is 2.08. The molecule has 4 bridgehead atoms. The lowest BCUT2D eigenvalue weighted by atomic mass is 9.52. The highest BCUT2D eigenvalue weighted by Gasteiger charge is 2.53. The van der Waals surface area contributed by atoms with Crippen molar-refractivity contribution < 1.29 is 5.11 Å². The van der Waals surface area contributed by atoms with E-state index in [0.29, 0.717) is 17.9 Å². The number of nitrogens with two attached hydrogens (primary N) is 1. The van der Waals surface area contributed by atoms with Gasteiger partial charge in [-0.3, -0.25) is 0 Å². The van der Waals surface area contributed by atoms with Gasteiger partial charge in [-0.2, -0.15) is 0 Å². The molecule has 0 aliphatic heterocycles. The van der Waals surface area contributed by atoms with E-state index in [4.69, 9.17) is 5.73 Å². The quantitative estimate of drug-likeness (QED) is 0.624. The summed E-state index contributed by atoms with van der Waals surface area (Å²) < 4.78 is 0. The Morgan fingerprint density at radius 1 is 1.08 bits per heavy atom. The van der Waals surface area contributed by atoms with Gasteiger partial charge < -0.3 is 10.8 Å². The van der Waals surface area contributed by atoms with Crippen molar-refractivity contribution in [1.29, 1.82) is 0 Å². The van der Waals surface area contributed by atoms with E-state index in [-0.39, 0.29) is 18.0 Å². The second-order valence-corrected chi connectivity index (χ2v) is 5.27. The largest absolute Gasteiger partial charge is 0.390 e. The summed E-state index contributed by atoms with van der Waals surface area (Å²) >= 11 is 0. The Labute approximate surface area is 85.3 Å². The average molecular weight is 204 g/mol. The van der Waals surface area contributed by atoms with E-state index in [1.165, 1.54) is 12.8 Å². The van der Waals surface area contributed by atoms with E-state index >= 15 is 0 Å². The molecule has 0 saturated heterocycles. The van der Waals surface area contributed by atoms with E-state index in [9.17, 15) is 5.11 Å². The van der Waals surface area contributed by atoms with Gasteiger partial charge in [-0.15, -0.1) is 12.4 Å². The lowest BCUT2D eigenvalue weighted by Crippen LogP contribution is -2.59. The maximum Gasteiger partial charge on any atom is 0.0657 e. The normalized spacial score (nSPS) is 57.7. The molecule has 4 saturated carbocycles. The Morgan fingerprint density at radius 3 is 2.08 bits per heavy atom. The number of hydrogen-bond acceptors (Lipinski definition) is 2. The molecule has 4 fully saturated rings. The third-order valence-corrected chi connectivity index (χ3v) is 4.31. The zero-order valence-corrected chi connectivity index (χ0v) is 8.59. The smallest absolute Gasteiger partial charge is 0.0657 e. The lowest BCUT2D eigenvalue weighted by molar-refractivity contribution is -0.132. The van der Waals surface area contributed by atoms with Crippen LogP contribution in [0.15, 0.2) is 0 Å². The van der Waals surface area contributed by atoms with Crippen LogP contribution in [0.1, 0.15) is 32.1 Å². The molecule has 3 unspecified atom stereocenters. The van der Waals surface area contributed by atoms with Crippen LogP contribution in [0.5, 0.6) is 0 Å². The van der Waals surface area contributed by atoms with Crippen LogP contribution >= 0.6 is 12.4 Å². The fourth-order valence-electron chi connectivity index (χ4n) is 4.02. The van der Waals surface area contributed by atoms with Crippen molar-refractivity contribution in [3.63, 3.8) is 0 Å². The van der Waals surface area contributed by atoms with Crippen molar-refractivity contribution in [2.24, 2.45) is 23.5 Å². The van der Waals surface area contributed by atoms with Gasteiger partial charge in [-0.05, 0) is 49.9 Å². The molecule has 0 radical (unpaired) electrons. The van der Waals surface area contributed by atoms with Gasteiger partial charge in [0.25, 0.3) is 0 Å². The first-order valence-corrected chi connectivity index (χ1v) is 5.14. The van der Waals surface area contributed by atoms with Crippen LogP contribution in [0, 0.1) is 17.8 Å². The lowest BCUT2D eigenvalue weighted by Gasteiger charge is -2.57. The highest BCUT2D eigenvalue weighted by molar-refractivity contribution is 5.85. The second-order valence-electron chi connectivity index (χ2n) is 5.27. The summed E-state index contributed by atoms with van der Waals surface area (Å²) in [7, 11) is 0. The minimum absolute atomic E-state index is 0. The Balaban J connectivity index is 0.000000653. The summed E-state index contributed by atoms with van der Waals surface area (Å²) in [5.41, 5.74) is 5.82. The van der Waals surface area contributed by atoms with Crippen LogP contribution in [0.4, 0.5) is 0 Å². The van der Waals surface area contributed by atoms with E-state index < -0.39 is 0 Å². The monoisotopic (exact) mass is 203 g/mol. The van der Waals surface area contributed by atoms with Crippen molar-refractivity contribution in [1.82, 2.24) is 0 Å². The van der Waals surface area contributed by atoms with Gasteiger partial charge in [-0.1, -0.05) is 0 Å². The zero-order chi connectivity index (χ0) is 8.34. The highest BCUT2D eigenvalue weighted by atomic mass is 35.5. The summed E-state index contributed by atoms with van der Waals surface area (Å²) in [5, 5.41) is 10.2. The van der Waals surface area contributed by atoms with Gasteiger partial charge in [0.05, 0.1) is 5.60 Å². The highest BCUT2D eigenvalue weighted by Crippen LogP contribution is 2.54. The van der Waals surface area contributed by atoms with E-state index in [0.717, 1.165) is 25.2 Å². The van der Waals surface area contributed by atoms with Crippen LogP contribution in [-0.4, -0.2) is 16.7 Å². The van der Waals surface area contributed by atoms with Crippen molar-refractivity contribution in [2.75, 3.05) is 0 Å². The predicted octanol–water partition coefficient (Wildman–Crippen LogP) is 1.31.